The Kier molecular flexibility index (Phi) is 4.66. The van der Waals surface area contributed by atoms with Crippen LogP contribution in [-0.2, 0) is 11.2 Å². The van der Waals surface area contributed by atoms with E-state index in [-0.39, 0.29) is 5.91 Å². The number of nitrogens with one attached hydrogen (secondary N) is 1. The van der Waals surface area contributed by atoms with Gasteiger partial charge in [-0.1, -0.05) is 30.3 Å². The van der Waals surface area contributed by atoms with E-state index in [2.05, 4.69) is 5.32 Å². The summed E-state index contributed by atoms with van der Waals surface area (Å²) in [6.07, 6.45) is 0.0729. The van der Waals surface area contributed by atoms with Crippen molar-refractivity contribution in [3.8, 4) is 23.0 Å². The van der Waals surface area contributed by atoms with Crippen LogP contribution in [0.1, 0.15) is 5.56 Å². The molecule has 3 aromatic rings. The van der Waals surface area contributed by atoms with Crippen LogP contribution in [0.3, 0.4) is 0 Å². The molecule has 0 fully saturated rings. The molecule has 27 heavy (non-hydrogen) atoms. The van der Waals surface area contributed by atoms with Crippen molar-refractivity contribution >= 4 is 11.6 Å². The fourth-order valence-electron chi connectivity index (χ4n) is 2.99. The Bertz CT molecular complexity index is 928. The predicted molar refractivity (Wildman–Crippen MR) is 103 cm³/mol. The van der Waals surface area contributed by atoms with E-state index in [0.717, 1.165) is 11.3 Å². The second kappa shape index (κ2) is 7.41. The first kappa shape index (κ1) is 17.0. The first-order chi connectivity index (χ1) is 13.2. The van der Waals surface area contributed by atoms with Gasteiger partial charge < -0.3 is 19.5 Å². The number of anilines is 1. The summed E-state index contributed by atoms with van der Waals surface area (Å²) in [5.41, 5.74) is 1.74. The van der Waals surface area contributed by atoms with Crippen LogP contribution in [0, 0.1) is 0 Å². The van der Waals surface area contributed by atoms with Gasteiger partial charge in [0.25, 0.3) is 5.91 Å². The largest absolute Gasteiger partial charge is 0.493 e. The molecule has 0 spiro atoms. The van der Waals surface area contributed by atoms with Gasteiger partial charge in [0.1, 0.15) is 11.5 Å². The number of benzene rings is 3. The molecule has 0 saturated carbocycles. The van der Waals surface area contributed by atoms with Crippen molar-refractivity contribution in [1.82, 2.24) is 0 Å². The Hall–Kier alpha value is -3.47. The molecule has 1 atom stereocenters. The zero-order chi connectivity index (χ0) is 18.6. The van der Waals surface area contributed by atoms with Gasteiger partial charge in [-0.25, -0.2) is 0 Å². The van der Waals surface area contributed by atoms with Gasteiger partial charge in [-0.3, -0.25) is 4.79 Å². The number of para-hydroxylation sites is 3. The molecule has 3 aromatic carbocycles. The maximum absolute atomic E-state index is 12.5. The summed E-state index contributed by atoms with van der Waals surface area (Å²) in [6, 6.07) is 22.3. The number of carbonyl (C=O) groups is 1. The van der Waals surface area contributed by atoms with Crippen molar-refractivity contribution in [3.63, 3.8) is 0 Å². The lowest BCUT2D eigenvalue weighted by atomic mass is 10.1. The molecule has 136 valence electrons. The van der Waals surface area contributed by atoms with Gasteiger partial charge in [0.05, 0.1) is 7.11 Å². The zero-order valence-electron chi connectivity index (χ0n) is 14.8. The Morgan fingerprint density at radius 2 is 1.67 bits per heavy atom. The number of hydrogen-bond donors (Lipinski definition) is 1. The highest BCUT2D eigenvalue weighted by molar-refractivity contribution is 5.95. The molecule has 1 amide bonds. The lowest BCUT2D eigenvalue weighted by molar-refractivity contribution is -0.122. The van der Waals surface area contributed by atoms with Crippen molar-refractivity contribution in [1.29, 1.82) is 0 Å². The molecule has 0 saturated heterocycles. The molecule has 1 unspecified atom stereocenters. The minimum absolute atomic E-state index is 0.162. The second-order valence-electron chi connectivity index (χ2n) is 6.18. The van der Waals surface area contributed by atoms with E-state index >= 15 is 0 Å². The molecule has 1 N–H and O–H groups in total. The van der Waals surface area contributed by atoms with Crippen LogP contribution >= 0.6 is 0 Å². The molecule has 1 aliphatic rings. The molecule has 0 radical (unpaired) electrons. The van der Waals surface area contributed by atoms with Crippen LogP contribution in [0.25, 0.3) is 0 Å². The molecular formula is C22H19NO4. The predicted octanol–water partition coefficient (Wildman–Crippen LogP) is 4.43. The number of carbonyl (C=O) groups excluding carboxylic acids is 1. The Morgan fingerprint density at radius 3 is 2.41 bits per heavy atom. The highest BCUT2D eigenvalue weighted by Gasteiger charge is 2.28. The number of ether oxygens (including phenoxy) is 3. The van der Waals surface area contributed by atoms with Crippen molar-refractivity contribution in [3.05, 3.63) is 78.4 Å². The minimum Gasteiger partial charge on any atom is -0.493 e. The topological polar surface area (TPSA) is 56.8 Å². The van der Waals surface area contributed by atoms with Crippen molar-refractivity contribution in [2.45, 2.75) is 12.5 Å². The van der Waals surface area contributed by atoms with Gasteiger partial charge in [-0.05, 0) is 48.0 Å². The summed E-state index contributed by atoms with van der Waals surface area (Å²) >= 11 is 0. The monoisotopic (exact) mass is 361 g/mol. The number of fused-ring (bicyclic) bond motifs is 1. The van der Waals surface area contributed by atoms with Crippen molar-refractivity contribution < 1.29 is 19.0 Å². The first-order valence-corrected chi connectivity index (χ1v) is 8.69. The van der Waals surface area contributed by atoms with Crippen LogP contribution in [0.4, 0.5) is 5.69 Å². The van der Waals surface area contributed by atoms with E-state index in [0.29, 0.717) is 29.4 Å². The van der Waals surface area contributed by atoms with E-state index in [4.69, 9.17) is 14.2 Å². The summed E-state index contributed by atoms with van der Waals surface area (Å²) in [4.78, 5) is 12.5. The van der Waals surface area contributed by atoms with E-state index in [1.165, 1.54) is 0 Å². The molecular weight excluding hydrogens is 342 g/mol. The maximum atomic E-state index is 12.5. The normalized spacial score (nSPS) is 14.8. The standard InChI is InChI=1S/C22H19NO4/c1-25-19-8-4-5-9-20(19)26-17-12-10-16(11-13-17)23-22(24)21-14-15-6-2-3-7-18(15)27-21/h2-13,21H,14H2,1H3,(H,23,24). The third-order valence-corrected chi connectivity index (χ3v) is 4.36. The summed E-state index contributed by atoms with van der Waals surface area (Å²) in [5.74, 6) is 2.56. The third-order valence-electron chi connectivity index (χ3n) is 4.36. The van der Waals surface area contributed by atoms with Gasteiger partial charge in [-0.2, -0.15) is 0 Å². The average Bonchev–Trinajstić information content (AvgIpc) is 3.14. The van der Waals surface area contributed by atoms with E-state index in [1.54, 1.807) is 31.4 Å². The Labute approximate surface area is 157 Å². The summed E-state index contributed by atoms with van der Waals surface area (Å²) < 4.78 is 16.8. The number of hydrogen-bond acceptors (Lipinski definition) is 4. The Morgan fingerprint density at radius 1 is 0.963 bits per heavy atom. The number of methoxy groups -OCH3 is 1. The van der Waals surface area contributed by atoms with Gasteiger partial charge in [-0.15, -0.1) is 0 Å². The summed E-state index contributed by atoms with van der Waals surface area (Å²) in [7, 11) is 1.60. The molecule has 0 bridgehead atoms. The van der Waals surface area contributed by atoms with E-state index < -0.39 is 6.10 Å². The lowest BCUT2D eigenvalue weighted by Crippen LogP contribution is -2.31. The molecule has 0 aliphatic carbocycles. The molecule has 5 heteroatoms. The van der Waals surface area contributed by atoms with Crippen LogP contribution in [0.2, 0.25) is 0 Å². The quantitative estimate of drug-likeness (QED) is 0.730. The number of amides is 1. The van der Waals surface area contributed by atoms with Gasteiger partial charge >= 0.3 is 0 Å². The molecule has 5 nitrogen and oxygen atoms in total. The fraction of sp³-hybridized carbons (Fsp3) is 0.136. The third kappa shape index (κ3) is 3.72. The molecule has 0 aromatic heterocycles. The van der Waals surface area contributed by atoms with Crippen LogP contribution in [-0.4, -0.2) is 19.1 Å². The number of rotatable bonds is 5. The van der Waals surface area contributed by atoms with Gasteiger partial charge in [0.15, 0.2) is 17.6 Å². The van der Waals surface area contributed by atoms with Crippen LogP contribution < -0.4 is 19.5 Å². The minimum atomic E-state index is -0.507. The Balaban J connectivity index is 1.39. The smallest absolute Gasteiger partial charge is 0.265 e. The highest BCUT2D eigenvalue weighted by atomic mass is 16.5. The highest BCUT2D eigenvalue weighted by Crippen LogP contribution is 2.32. The van der Waals surface area contributed by atoms with E-state index in [1.807, 2.05) is 48.5 Å². The SMILES string of the molecule is COc1ccccc1Oc1ccc(NC(=O)C2Cc3ccccc3O2)cc1. The van der Waals surface area contributed by atoms with Crippen molar-refractivity contribution in [2.24, 2.45) is 0 Å². The molecule has 1 aliphatic heterocycles. The van der Waals surface area contributed by atoms with Crippen LogP contribution in [0.15, 0.2) is 72.8 Å². The maximum Gasteiger partial charge on any atom is 0.265 e. The van der Waals surface area contributed by atoms with Crippen LogP contribution in [0.5, 0.6) is 23.0 Å². The van der Waals surface area contributed by atoms with Gasteiger partial charge in [0.2, 0.25) is 0 Å². The van der Waals surface area contributed by atoms with Crippen molar-refractivity contribution in [2.75, 3.05) is 12.4 Å². The first-order valence-electron chi connectivity index (χ1n) is 8.69. The summed E-state index contributed by atoms with van der Waals surface area (Å²) in [6.45, 7) is 0. The second-order valence-corrected chi connectivity index (χ2v) is 6.18. The lowest BCUT2D eigenvalue weighted by Gasteiger charge is -2.13. The van der Waals surface area contributed by atoms with Gasteiger partial charge in [0, 0.05) is 12.1 Å². The zero-order valence-corrected chi connectivity index (χ0v) is 14.8. The summed E-state index contributed by atoms with van der Waals surface area (Å²) in [5, 5.41) is 2.89. The average molecular weight is 361 g/mol. The molecule has 4 rings (SSSR count). The molecule has 1 heterocycles. The van der Waals surface area contributed by atoms with E-state index in [9.17, 15) is 4.79 Å². The fourth-order valence-corrected chi connectivity index (χ4v) is 2.99.